The summed E-state index contributed by atoms with van der Waals surface area (Å²) in [5, 5.41) is 0. The summed E-state index contributed by atoms with van der Waals surface area (Å²) in [6, 6.07) is 6.38. The first-order valence-electron chi connectivity index (χ1n) is 5.45. The van der Waals surface area contributed by atoms with Gasteiger partial charge < -0.3 is 0 Å². The van der Waals surface area contributed by atoms with Gasteiger partial charge in [0.25, 0.3) is 0 Å². The summed E-state index contributed by atoms with van der Waals surface area (Å²) in [6.45, 7) is 1.89. The minimum absolute atomic E-state index is 0.0234. The highest BCUT2D eigenvalue weighted by atomic mass is 79.9. The third-order valence-electron chi connectivity index (χ3n) is 2.55. The molecule has 0 radical (unpaired) electrons. The van der Waals surface area contributed by atoms with Crippen molar-refractivity contribution in [1.29, 1.82) is 0 Å². The molecule has 2 aromatic rings. The Hall–Kier alpha value is -1.55. The second kappa shape index (κ2) is 5.40. The monoisotopic (exact) mass is 307 g/mol. The van der Waals surface area contributed by atoms with Crippen LogP contribution in [0.5, 0.6) is 0 Å². The van der Waals surface area contributed by atoms with Gasteiger partial charge in [0.2, 0.25) is 0 Å². The summed E-state index contributed by atoms with van der Waals surface area (Å²) in [6.07, 6.45) is 3.49. The van der Waals surface area contributed by atoms with Crippen LogP contribution in [0.1, 0.15) is 21.5 Å². The summed E-state index contributed by atoms with van der Waals surface area (Å²) in [5.74, 6) is -0.354. The Labute approximate surface area is 113 Å². The lowest BCUT2D eigenvalue weighted by Gasteiger charge is -2.03. The molecule has 92 valence electrons. The zero-order valence-electron chi connectivity index (χ0n) is 9.78. The second-order valence-corrected chi connectivity index (χ2v) is 4.95. The molecule has 2 nitrogen and oxygen atoms in total. The first-order valence-corrected chi connectivity index (χ1v) is 6.24. The molecule has 0 spiro atoms. The predicted octanol–water partition coefficient (Wildman–Crippen LogP) is 3.72. The molecule has 2 rings (SSSR count). The van der Waals surface area contributed by atoms with Crippen LogP contribution in [-0.4, -0.2) is 10.8 Å². The van der Waals surface area contributed by atoms with Gasteiger partial charge in [-0.1, -0.05) is 6.07 Å². The number of aryl methyl sites for hydroxylation is 1. The number of carbonyl (C=O) groups is 1. The molecule has 0 atom stereocenters. The van der Waals surface area contributed by atoms with Gasteiger partial charge >= 0.3 is 0 Å². The molecule has 0 bridgehead atoms. The van der Waals surface area contributed by atoms with E-state index in [1.807, 2.05) is 6.92 Å². The van der Waals surface area contributed by atoms with E-state index in [2.05, 4.69) is 20.9 Å². The Morgan fingerprint density at radius 1 is 1.33 bits per heavy atom. The van der Waals surface area contributed by atoms with Crippen molar-refractivity contribution in [2.75, 3.05) is 0 Å². The van der Waals surface area contributed by atoms with Crippen LogP contribution in [0.15, 0.2) is 41.1 Å². The summed E-state index contributed by atoms with van der Waals surface area (Å²) in [5.41, 5.74) is 2.30. The van der Waals surface area contributed by atoms with Crippen LogP contribution in [0.2, 0.25) is 0 Å². The number of carbonyl (C=O) groups excluding carboxylic acids is 1. The quantitative estimate of drug-likeness (QED) is 0.809. The summed E-state index contributed by atoms with van der Waals surface area (Å²) < 4.78 is 13.4. The van der Waals surface area contributed by atoms with Gasteiger partial charge in [-0.3, -0.25) is 9.78 Å². The van der Waals surface area contributed by atoms with Crippen molar-refractivity contribution in [3.8, 4) is 0 Å². The van der Waals surface area contributed by atoms with Gasteiger partial charge in [0, 0.05) is 24.4 Å². The molecule has 0 aliphatic rings. The third-order valence-corrected chi connectivity index (χ3v) is 3.15. The fourth-order valence-electron chi connectivity index (χ4n) is 1.64. The molecule has 0 aliphatic carbocycles. The second-order valence-electron chi connectivity index (χ2n) is 4.10. The number of halogens is 2. The molecule has 18 heavy (non-hydrogen) atoms. The van der Waals surface area contributed by atoms with Crippen LogP contribution in [0, 0.1) is 12.7 Å². The van der Waals surface area contributed by atoms with Crippen molar-refractivity contribution in [2.45, 2.75) is 13.3 Å². The normalized spacial score (nSPS) is 10.4. The van der Waals surface area contributed by atoms with Gasteiger partial charge in [0.1, 0.15) is 5.82 Å². The number of Topliss-reactive ketones (excluding diaryl/α,β-unsaturated/α-hetero) is 1. The molecule has 0 N–H and O–H groups in total. The molecule has 0 fully saturated rings. The Kier molecular flexibility index (Phi) is 3.87. The van der Waals surface area contributed by atoms with Crippen LogP contribution in [0.25, 0.3) is 0 Å². The molecular weight excluding hydrogens is 297 g/mol. The van der Waals surface area contributed by atoms with E-state index in [0.717, 1.165) is 11.1 Å². The Bertz CT molecular complexity index is 598. The number of rotatable bonds is 3. The van der Waals surface area contributed by atoms with Gasteiger partial charge in [-0.15, -0.1) is 0 Å². The van der Waals surface area contributed by atoms with Crippen molar-refractivity contribution in [1.82, 2.24) is 4.98 Å². The van der Waals surface area contributed by atoms with E-state index in [-0.39, 0.29) is 18.0 Å². The predicted molar refractivity (Wildman–Crippen MR) is 71.1 cm³/mol. The van der Waals surface area contributed by atoms with E-state index in [1.165, 1.54) is 6.07 Å². The van der Waals surface area contributed by atoms with Gasteiger partial charge in [0.15, 0.2) is 5.78 Å². The van der Waals surface area contributed by atoms with Gasteiger partial charge in [-0.05, 0) is 52.2 Å². The lowest BCUT2D eigenvalue weighted by atomic mass is 10.0. The highest BCUT2D eigenvalue weighted by Crippen LogP contribution is 2.18. The Balaban J connectivity index is 2.18. The van der Waals surface area contributed by atoms with Crippen LogP contribution >= 0.6 is 15.9 Å². The molecular formula is C14H11BrFNO. The fraction of sp³-hybridized carbons (Fsp3) is 0.143. The Morgan fingerprint density at radius 2 is 2.11 bits per heavy atom. The lowest BCUT2D eigenvalue weighted by molar-refractivity contribution is 0.0992. The SMILES string of the molecule is Cc1cncc(C(=O)Cc2ccc(F)c(Br)c2)c1. The van der Waals surface area contributed by atoms with Crippen LogP contribution < -0.4 is 0 Å². The maximum absolute atomic E-state index is 13.1. The topological polar surface area (TPSA) is 30.0 Å². The van der Waals surface area contributed by atoms with E-state index in [4.69, 9.17) is 0 Å². The van der Waals surface area contributed by atoms with Gasteiger partial charge in [-0.25, -0.2) is 4.39 Å². The van der Waals surface area contributed by atoms with Crippen molar-refractivity contribution < 1.29 is 9.18 Å². The maximum atomic E-state index is 13.1. The van der Waals surface area contributed by atoms with Crippen LogP contribution in [0.3, 0.4) is 0 Å². The minimum Gasteiger partial charge on any atom is -0.294 e. The van der Waals surface area contributed by atoms with E-state index < -0.39 is 0 Å². The molecule has 1 aromatic carbocycles. The van der Waals surface area contributed by atoms with Crippen molar-refractivity contribution >= 4 is 21.7 Å². The standard InChI is InChI=1S/C14H11BrFNO/c1-9-4-11(8-17-7-9)14(18)6-10-2-3-13(16)12(15)5-10/h2-5,7-8H,6H2,1H3. The van der Waals surface area contributed by atoms with Crippen molar-refractivity contribution in [3.63, 3.8) is 0 Å². The summed E-state index contributed by atoms with van der Waals surface area (Å²) >= 11 is 3.11. The number of benzene rings is 1. The highest BCUT2D eigenvalue weighted by molar-refractivity contribution is 9.10. The van der Waals surface area contributed by atoms with Gasteiger partial charge in [0.05, 0.1) is 4.47 Å². The largest absolute Gasteiger partial charge is 0.294 e. The first-order chi connectivity index (χ1) is 8.56. The van der Waals surface area contributed by atoms with E-state index >= 15 is 0 Å². The molecule has 1 heterocycles. The van der Waals surface area contributed by atoms with E-state index in [1.54, 1.807) is 30.6 Å². The summed E-state index contributed by atoms with van der Waals surface area (Å²) in [7, 11) is 0. The average Bonchev–Trinajstić information content (AvgIpc) is 2.34. The first kappa shape index (κ1) is 12.9. The minimum atomic E-state index is -0.330. The number of ketones is 1. The van der Waals surface area contributed by atoms with Gasteiger partial charge in [-0.2, -0.15) is 0 Å². The lowest BCUT2D eigenvalue weighted by Crippen LogP contribution is -2.04. The number of nitrogens with zero attached hydrogens (tertiary/aromatic N) is 1. The average molecular weight is 308 g/mol. The van der Waals surface area contributed by atoms with Crippen molar-refractivity contribution in [3.05, 3.63) is 63.6 Å². The number of pyridine rings is 1. The molecule has 1 aromatic heterocycles. The van der Waals surface area contributed by atoms with Crippen LogP contribution in [-0.2, 0) is 6.42 Å². The molecule has 0 amide bonds. The van der Waals surface area contributed by atoms with Crippen LogP contribution in [0.4, 0.5) is 4.39 Å². The zero-order chi connectivity index (χ0) is 13.1. The van der Waals surface area contributed by atoms with Crippen molar-refractivity contribution in [2.24, 2.45) is 0 Å². The molecule has 0 saturated carbocycles. The molecule has 4 heteroatoms. The highest BCUT2D eigenvalue weighted by Gasteiger charge is 2.09. The molecule has 0 saturated heterocycles. The van der Waals surface area contributed by atoms with E-state index in [9.17, 15) is 9.18 Å². The Morgan fingerprint density at radius 3 is 2.78 bits per heavy atom. The smallest absolute Gasteiger partial charge is 0.168 e. The number of hydrogen-bond acceptors (Lipinski definition) is 2. The maximum Gasteiger partial charge on any atom is 0.168 e. The molecule has 0 aliphatic heterocycles. The molecule has 0 unspecified atom stereocenters. The number of hydrogen-bond donors (Lipinski definition) is 0. The summed E-state index contributed by atoms with van der Waals surface area (Å²) in [4.78, 5) is 16.0. The fourth-order valence-corrected chi connectivity index (χ4v) is 2.07. The number of aromatic nitrogens is 1. The third kappa shape index (κ3) is 3.01. The van der Waals surface area contributed by atoms with E-state index in [0.29, 0.717) is 10.0 Å². The zero-order valence-corrected chi connectivity index (χ0v) is 11.4.